The Morgan fingerprint density at radius 3 is 1.35 bits per heavy atom. The maximum atomic E-state index is 12.8. The smallest absolute Gasteiger partial charge is 0.205 e. The van der Waals surface area contributed by atoms with Gasteiger partial charge in [-0.2, -0.15) is 0 Å². The molecule has 2 aliphatic rings. The largest absolute Gasteiger partial charge is 0.299 e. The predicted octanol–water partition coefficient (Wildman–Crippen LogP) is 0.359. The third kappa shape index (κ3) is 3.34. The highest BCUT2D eigenvalue weighted by Gasteiger charge is 2.31. The van der Waals surface area contributed by atoms with E-state index in [1.807, 2.05) is 40.3 Å². The summed E-state index contributed by atoms with van der Waals surface area (Å²) in [6, 6.07) is 0. The summed E-state index contributed by atoms with van der Waals surface area (Å²) in [6.07, 6.45) is 11.7. The number of rotatable bonds is 6. The van der Waals surface area contributed by atoms with Gasteiger partial charge in [0.1, 0.15) is 0 Å². The molecule has 4 N–H and O–H groups in total. The molecule has 0 heterocycles. The number of sulfone groups is 1. The fourth-order valence-electron chi connectivity index (χ4n) is 2.77. The monoisotopic (exact) mass is 338 g/mol. The van der Waals surface area contributed by atoms with Crippen LogP contribution in [-0.4, -0.2) is 47.9 Å². The molecule has 0 aromatic carbocycles. The minimum Gasteiger partial charge on any atom is -0.299 e. The molecule has 0 saturated carbocycles. The van der Waals surface area contributed by atoms with E-state index in [4.69, 9.17) is 0 Å². The summed E-state index contributed by atoms with van der Waals surface area (Å²) in [7, 11) is 3.89. The van der Waals surface area contributed by atoms with Crippen molar-refractivity contribution in [2.24, 2.45) is 0 Å². The Bertz CT molecular complexity index is 614. The third-order valence-corrected chi connectivity index (χ3v) is 6.57. The molecule has 2 rings (SSSR count). The summed E-state index contributed by atoms with van der Waals surface area (Å²) in [6.45, 7) is 0. The molecule has 0 atom stereocenters. The molecule has 2 aliphatic carbocycles. The van der Waals surface area contributed by atoms with Gasteiger partial charge in [-0.05, 0) is 52.5 Å². The average molecular weight is 338 g/mol. The van der Waals surface area contributed by atoms with Crippen LogP contribution in [0.3, 0.4) is 0 Å². The minimum absolute atomic E-state index is 0.343. The van der Waals surface area contributed by atoms with Gasteiger partial charge in [0.2, 0.25) is 9.84 Å². The van der Waals surface area contributed by atoms with Crippen LogP contribution in [0.4, 0.5) is 0 Å². The van der Waals surface area contributed by atoms with Gasteiger partial charge in [-0.15, -0.1) is 0 Å². The first kappa shape index (κ1) is 18.1. The molecule has 7 heteroatoms. The highest BCUT2D eigenvalue weighted by molar-refractivity contribution is 7.99. The molecule has 0 bridgehead atoms. The normalized spacial score (nSPS) is 22.6. The molecular weight excluding hydrogens is 312 g/mol. The fraction of sp³-hybridized carbons (Fsp3) is 0.500. The highest BCUT2D eigenvalue weighted by Crippen LogP contribution is 2.29. The van der Waals surface area contributed by atoms with Crippen molar-refractivity contribution in [3.63, 3.8) is 0 Å². The Morgan fingerprint density at radius 1 is 0.783 bits per heavy atom. The van der Waals surface area contributed by atoms with Gasteiger partial charge in [-0.3, -0.25) is 21.3 Å². The second-order valence-corrected chi connectivity index (χ2v) is 7.68. The number of likely N-dealkylation sites (N-methyl/N-ethyl adjacent to an activating group) is 4. The Kier molecular flexibility index (Phi) is 5.27. The van der Waals surface area contributed by atoms with Crippen molar-refractivity contribution in [2.45, 2.75) is 24.2 Å². The summed E-state index contributed by atoms with van der Waals surface area (Å²) in [5, 5.41) is 12.6. The van der Waals surface area contributed by atoms with E-state index >= 15 is 0 Å². The van der Waals surface area contributed by atoms with Crippen molar-refractivity contribution in [3.05, 3.63) is 46.3 Å². The Balaban J connectivity index is 2.23. The van der Waals surface area contributed by atoms with E-state index in [1.165, 1.54) is 0 Å². The van der Waals surface area contributed by atoms with Crippen LogP contribution in [0, 0.1) is 0 Å². The van der Waals surface area contributed by atoms with Gasteiger partial charge in [-0.1, -0.05) is 12.2 Å². The molecule has 0 aromatic heterocycles. The first-order chi connectivity index (χ1) is 10.9. The van der Waals surface area contributed by atoms with E-state index in [0.717, 1.165) is 0 Å². The SMILES string of the molecule is CNC1(NC)C=CC(S(=O)(=O)C2=CCC(NC)(NC)C=C2)=CC1. The van der Waals surface area contributed by atoms with Crippen molar-refractivity contribution >= 4 is 9.84 Å². The predicted molar refractivity (Wildman–Crippen MR) is 94.3 cm³/mol. The van der Waals surface area contributed by atoms with Gasteiger partial charge >= 0.3 is 0 Å². The lowest BCUT2D eigenvalue weighted by molar-refractivity contribution is 0.375. The lowest BCUT2D eigenvalue weighted by Gasteiger charge is -2.33. The van der Waals surface area contributed by atoms with Crippen LogP contribution in [0.25, 0.3) is 0 Å². The van der Waals surface area contributed by atoms with E-state index in [0.29, 0.717) is 22.7 Å². The van der Waals surface area contributed by atoms with E-state index in [2.05, 4.69) is 21.3 Å². The zero-order valence-electron chi connectivity index (χ0n) is 14.1. The van der Waals surface area contributed by atoms with Gasteiger partial charge in [0.05, 0.1) is 21.1 Å². The number of hydrogen-bond donors (Lipinski definition) is 4. The second kappa shape index (κ2) is 6.70. The van der Waals surface area contributed by atoms with E-state index < -0.39 is 9.84 Å². The maximum Gasteiger partial charge on any atom is 0.205 e. The summed E-state index contributed by atoms with van der Waals surface area (Å²) >= 11 is 0. The molecule has 128 valence electrons. The number of hydrogen-bond acceptors (Lipinski definition) is 6. The van der Waals surface area contributed by atoms with E-state index in [1.54, 1.807) is 24.3 Å². The van der Waals surface area contributed by atoms with Crippen molar-refractivity contribution in [1.82, 2.24) is 21.3 Å². The average Bonchev–Trinajstić information content (AvgIpc) is 2.61. The number of allylic oxidation sites excluding steroid dienone is 2. The first-order valence-corrected chi connectivity index (χ1v) is 9.15. The zero-order chi connectivity index (χ0) is 17.1. The van der Waals surface area contributed by atoms with Crippen LogP contribution >= 0.6 is 0 Å². The molecule has 23 heavy (non-hydrogen) atoms. The summed E-state index contributed by atoms with van der Waals surface area (Å²) in [5.74, 6) is 0. The highest BCUT2D eigenvalue weighted by atomic mass is 32.2. The van der Waals surface area contributed by atoms with Gasteiger partial charge in [0, 0.05) is 12.8 Å². The molecule has 0 aromatic rings. The van der Waals surface area contributed by atoms with Crippen LogP contribution in [-0.2, 0) is 9.84 Å². The van der Waals surface area contributed by atoms with Crippen molar-refractivity contribution in [1.29, 1.82) is 0 Å². The summed E-state index contributed by atoms with van der Waals surface area (Å²) in [4.78, 5) is 0.687. The first-order valence-electron chi connectivity index (χ1n) is 7.66. The Morgan fingerprint density at radius 2 is 1.13 bits per heavy atom. The lowest BCUT2D eigenvalue weighted by Crippen LogP contribution is -2.53. The zero-order valence-corrected chi connectivity index (χ0v) is 14.9. The maximum absolute atomic E-state index is 12.8. The fourth-order valence-corrected chi connectivity index (χ4v) is 4.14. The second-order valence-electron chi connectivity index (χ2n) is 5.73. The summed E-state index contributed by atoms with van der Waals surface area (Å²) < 4.78 is 25.6. The van der Waals surface area contributed by atoms with E-state index in [-0.39, 0.29) is 11.3 Å². The minimum atomic E-state index is -3.48. The number of nitrogens with one attached hydrogen (secondary N) is 4. The van der Waals surface area contributed by atoms with Gasteiger partial charge in [0.25, 0.3) is 0 Å². The third-order valence-electron chi connectivity index (χ3n) is 4.72. The molecule has 0 amide bonds. The Labute approximate surface area is 138 Å². The molecule has 0 aliphatic heterocycles. The lowest BCUT2D eigenvalue weighted by atomic mass is 10.0. The molecule has 0 fully saturated rings. The van der Waals surface area contributed by atoms with Crippen molar-refractivity contribution in [2.75, 3.05) is 28.2 Å². The van der Waals surface area contributed by atoms with Gasteiger partial charge < -0.3 is 0 Å². The van der Waals surface area contributed by atoms with Gasteiger partial charge in [0.15, 0.2) is 0 Å². The molecule has 6 nitrogen and oxygen atoms in total. The Hall–Kier alpha value is -1.25. The summed E-state index contributed by atoms with van der Waals surface area (Å²) in [5.41, 5.74) is -0.771. The topological polar surface area (TPSA) is 82.3 Å². The molecule has 0 saturated heterocycles. The van der Waals surface area contributed by atoms with E-state index in [9.17, 15) is 8.42 Å². The van der Waals surface area contributed by atoms with Crippen molar-refractivity contribution in [3.8, 4) is 0 Å². The van der Waals surface area contributed by atoms with Crippen LogP contribution in [0.1, 0.15) is 12.8 Å². The van der Waals surface area contributed by atoms with Crippen LogP contribution in [0.2, 0.25) is 0 Å². The van der Waals surface area contributed by atoms with Crippen LogP contribution < -0.4 is 21.3 Å². The quantitative estimate of drug-likeness (QED) is 0.524. The van der Waals surface area contributed by atoms with Gasteiger partial charge in [-0.25, -0.2) is 8.42 Å². The molecule has 0 unspecified atom stereocenters. The standard InChI is InChI=1S/C16H26N4O2S/c1-17-15(18-2)9-5-13(6-10-15)23(21,22)14-7-11-16(19-3,20-4)12-8-14/h5-9,11,17-20H,10,12H2,1-4H3. The van der Waals surface area contributed by atoms with Crippen LogP contribution in [0.5, 0.6) is 0 Å². The molecule has 0 spiro atoms. The van der Waals surface area contributed by atoms with Crippen molar-refractivity contribution < 1.29 is 8.42 Å². The molecular formula is C16H26N4O2S. The molecule has 0 radical (unpaired) electrons. The van der Waals surface area contributed by atoms with Crippen LogP contribution in [0.15, 0.2) is 46.3 Å².